The number of carbonyl (C=O) groups is 1. The number of rotatable bonds is 4. The van der Waals surface area contributed by atoms with E-state index in [1.807, 2.05) is 23.1 Å². The normalized spacial score (nSPS) is 18.8. The van der Waals surface area contributed by atoms with Gasteiger partial charge in [0.15, 0.2) is 0 Å². The average Bonchev–Trinajstić information content (AvgIpc) is 2.48. The highest BCUT2D eigenvalue weighted by Gasteiger charge is 2.23. The third kappa shape index (κ3) is 3.24. The Bertz CT molecular complexity index is 473. The van der Waals surface area contributed by atoms with Crippen LogP contribution in [0.5, 0.6) is 11.5 Å². The maximum Gasteiger partial charge on any atom is 0.227 e. The Morgan fingerprint density at radius 2 is 2.10 bits per heavy atom. The molecule has 0 saturated carbocycles. The minimum atomic E-state index is 0.181. The van der Waals surface area contributed by atoms with Crippen LogP contribution in [-0.2, 0) is 11.2 Å². The monoisotopic (exact) mass is 277 g/mol. The zero-order chi connectivity index (χ0) is 14.5. The van der Waals surface area contributed by atoms with Crippen molar-refractivity contribution in [3.63, 3.8) is 0 Å². The zero-order valence-corrected chi connectivity index (χ0v) is 12.5. The number of amides is 1. The number of likely N-dealkylation sites (tertiary alicyclic amines) is 1. The summed E-state index contributed by atoms with van der Waals surface area (Å²) in [5.74, 6) is 1.63. The molecular formula is C16H23NO3. The first-order valence-electron chi connectivity index (χ1n) is 7.16. The first-order chi connectivity index (χ1) is 9.65. The van der Waals surface area contributed by atoms with E-state index >= 15 is 0 Å². The van der Waals surface area contributed by atoms with E-state index in [0.29, 0.717) is 18.2 Å². The lowest BCUT2D eigenvalue weighted by atomic mass is 10.0. The molecule has 4 nitrogen and oxygen atoms in total. The van der Waals surface area contributed by atoms with Crippen molar-refractivity contribution >= 4 is 5.91 Å². The van der Waals surface area contributed by atoms with E-state index < -0.39 is 0 Å². The molecule has 1 heterocycles. The molecule has 1 fully saturated rings. The largest absolute Gasteiger partial charge is 0.497 e. The van der Waals surface area contributed by atoms with Crippen molar-refractivity contribution in [2.24, 2.45) is 0 Å². The Hall–Kier alpha value is -1.71. The summed E-state index contributed by atoms with van der Waals surface area (Å²) in [6, 6.07) is 5.94. The lowest BCUT2D eigenvalue weighted by Gasteiger charge is -2.33. The van der Waals surface area contributed by atoms with Crippen LogP contribution in [0.1, 0.15) is 31.7 Å². The van der Waals surface area contributed by atoms with Crippen LogP contribution < -0.4 is 9.47 Å². The van der Waals surface area contributed by atoms with Gasteiger partial charge in [-0.25, -0.2) is 0 Å². The van der Waals surface area contributed by atoms with Gasteiger partial charge in [-0.05, 0) is 32.3 Å². The van der Waals surface area contributed by atoms with E-state index in [4.69, 9.17) is 9.47 Å². The predicted octanol–water partition coefficient (Wildman–Crippen LogP) is 2.65. The van der Waals surface area contributed by atoms with Crippen LogP contribution in [0.25, 0.3) is 0 Å². The lowest BCUT2D eigenvalue weighted by molar-refractivity contribution is -0.133. The van der Waals surface area contributed by atoms with E-state index in [1.165, 1.54) is 6.42 Å². The Labute approximate surface area is 120 Å². The number of piperidine rings is 1. The molecule has 1 saturated heterocycles. The van der Waals surface area contributed by atoms with E-state index in [0.717, 1.165) is 30.7 Å². The van der Waals surface area contributed by atoms with Crippen molar-refractivity contribution < 1.29 is 14.3 Å². The van der Waals surface area contributed by atoms with Crippen LogP contribution in [0.4, 0.5) is 0 Å². The molecule has 0 aromatic heterocycles. The molecule has 0 N–H and O–H groups in total. The summed E-state index contributed by atoms with van der Waals surface area (Å²) < 4.78 is 10.5. The van der Waals surface area contributed by atoms with Gasteiger partial charge in [0.25, 0.3) is 0 Å². The SMILES string of the molecule is COc1ccc(CC(=O)N2CCCCC2C)c(OC)c1. The number of carbonyl (C=O) groups excluding carboxylic acids is 1. The Morgan fingerprint density at radius 1 is 1.30 bits per heavy atom. The van der Waals surface area contributed by atoms with Crippen LogP contribution in [0, 0.1) is 0 Å². The average molecular weight is 277 g/mol. The summed E-state index contributed by atoms with van der Waals surface area (Å²) in [7, 11) is 3.24. The number of hydrogen-bond donors (Lipinski definition) is 0. The van der Waals surface area contributed by atoms with Gasteiger partial charge >= 0.3 is 0 Å². The van der Waals surface area contributed by atoms with Crippen molar-refractivity contribution in [2.75, 3.05) is 20.8 Å². The molecule has 0 bridgehead atoms. The highest BCUT2D eigenvalue weighted by Crippen LogP contribution is 2.26. The number of ether oxygens (including phenoxy) is 2. The van der Waals surface area contributed by atoms with Gasteiger partial charge in [-0.1, -0.05) is 6.07 Å². The molecule has 1 atom stereocenters. The number of benzene rings is 1. The highest BCUT2D eigenvalue weighted by atomic mass is 16.5. The Morgan fingerprint density at radius 3 is 2.75 bits per heavy atom. The standard InChI is InChI=1S/C16H23NO3/c1-12-6-4-5-9-17(12)16(18)10-13-7-8-14(19-2)11-15(13)20-3/h7-8,11-12H,4-6,9-10H2,1-3H3. The lowest BCUT2D eigenvalue weighted by Crippen LogP contribution is -2.42. The molecule has 1 aromatic carbocycles. The van der Waals surface area contributed by atoms with Crippen molar-refractivity contribution in [3.05, 3.63) is 23.8 Å². The second-order valence-corrected chi connectivity index (χ2v) is 5.29. The third-order valence-corrected chi connectivity index (χ3v) is 3.96. The minimum absolute atomic E-state index is 0.181. The van der Waals surface area contributed by atoms with Gasteiger partial charge in [0.1, 0.15) is 11.5 Å². The van der Waals surface area contributed by atoms with Crippen LogP contribution in [-0.4, -0.2) is 37.6 Å². The third-order valence-electron chi connectivity index (χ3n) is 3.96. The molecule has 1 aliphatic heterocycles. The predicted molar refractivity (Wildman–Crippen MR) is 78.3 cm³/mol. The molecule has 0 aliphatic carbocycles. The minimum Gasteiger partial charge on any atom is -0.497 e. The summed E-state index contributed by atoms with van der Waals surface area (Å²) in [6.07, 6.45) is 3.82. The Kier molecular flexibility index (Phi) is 4.88. The van der Waals surface area contributed by atoms with E-state index in [2.05, 4.69) is 6.92 Å². The van der Waals surface area contributed by atoms with Gasteiger partial charge in [0, 0.05) is 24.2 Å². The summed E-state index contributed by atoms with van der Waals surface area (Å²) in [5.41, 5.74) is 0.913. The highest BCUT2D eigenvalue weighted by molar-refractivity contribution is 5.80. The fraction of sp³-hybridized carbons (Fsp3) is 0.562. The van der Waals surface area contributed by atoms with Gasteiger partial charge in [-0.3, -0.25) is 4.79 Å². The molecule has 110 valence electrons. The summed E-state index contributed by atoms with van der Waals surface area (Å²) in [5, 5.41) is 0. The molecule has 1 aliphatic rings. The molecule has 1 aromatic rings. The molecular weight excluding hydrogens is 254 g/mol. The van der Waals surface area contributed by atoms with Crippen molar-refractivity contribution in [2.45, 2.75) is 38.6 Å². The summed E-state index contributed by atoms with van der Waals surface area (Å²) >= 11 is 0. The van der Waals surface area contributed by atoms with E-state index in [-0.39, 0.29) is 5.91 Å². The van der Waals surface area contributed by atoms with Crippen LogP contribution in [0.2, 0.25) is 0 Å². The van der Waals surface area contributed by atoms with Crippen molar-refractivity contribution in [1.82, 2.24) is 4.90 Å². The fourth-order valence-corrected chi connectivity index (χ4v) is 2.73. The number of methoxy groups -OCH3 is 2. The maximum absolute atomic E-state index is 12.4. The quantitative estimate of drug-likeness (QED) is 0.849. The van der Waals surface area contributed by atoms with Crippen molar-refractivity contribution in [3.8, 4) is 11.5 Å². The fourth-order valence-electron chi connectivity index (χ4n) is 2.73. The summed E-state index contributed by atoms with van der Waals surface area (Å²) in [4.78, 5) is 14.4. The summed E-state index contributed by atoms with van der Waals surface area (Å²) in [6.45, 7) is 3.00. The maximum atomic E-state index is 12.4. The number of hydrogen-bond acceptors (Lipinski definition) is 3. The molecule has 2 rings (SSSR count). The smallest absolute Gasteiger partial charge is 0.227 e. The molecule has 1 unspecified atom stereocenters. The molecule has 20 heavy (non-hydrogen) atoms. The zero-order valence-electron chi connectivity index (χ0n) is 12.5. The van der Waals surface area contributed by atoms with Crippen molar-refractivity contribution in [1.29, 1.82) is 0 Å². The van der Waals surface area contributed by atoms with Gasteiger partial charge < -0.3 is 14.4 Å². The van der Waals surface area contributed by atoms with E-state index in [9.17, 15) is 4.79 Å². The molecule has 1 amide bonds. The van der Waals surface area contributed by atoms with Gasteiger partial charge in [0.05, 0.1) is 20.6 Å². The Balaban J connectivity index is 2.10. The van der Waals surface area contributed by atoms with E-state index in [1.54, 1.807) is 14.2 Å². The van der Waals surface area contributed by atoms with Gasteiger partial charge in [-0.15, -0.1) is 0 Å². The first kappa shape index (κ1) is 14.7. The molecule has 0 spiro atoms. The van der Waals surface area contributed by atoms with Gasteiger partial charge in [0.2, 0.25) is 5.91 Å². The van der Waals surface area contributed by atoms with Crippen LogP contribution >= 0.6 is 0 Å². The van der Waals surface area contributed by atoms with Crippen LogP contribution in [0.3, 0.4) is 0 Å². The van der Waals surface area contributed by atoms with Gasteiger partial charge in [-0.2, -0.15) is 0 Å². The number of nitrogens with zero attached hydrogens (tertiary/aromatic N) is 1. The second kappa shape index (κ2) is 6.64. The molecule has 4 heteroatoms. The van der Waals surface area contributed by atoms with Crippen LogP contribution in [0.15, 0.2) is 18.2 Å². The topological polar surface area (TPSA) is 38.8 Å². The first-order valence-corrected chi connectivity index (χ1v) is 7.16. The molecule has 0 radical (unpaired) electrons. The second-order valence-electron chi connectivity index (χ2n) is 5.29.